The molecule has 1 aromatic rings. The summed E-state index contributed by atoms with van der Waals surface area (Å²) in [7, 11) is 1.79. The number of carbonyl (C=O) groups is 1. The lowest BCUT2D eigenvalue weighted by atomic mass is 9.95. The van der Waals surface area contributed by atoms with Crippen molar-refractivity contribution < 1.29 is 18.7 Å². The summed E-state index contributed by atoms with van der Waals surface area (Å²) in [6.45, 7) is 0.784. The van der Waals surface area contributed by atoms with Crippen LogP contribution < -0.4 is 0 Å². The molecule has 1 aliphatic carbocycles. The van der Waals surface area contributed by atoms with Gasteiger partial charge in [0.1, 0.15) is 11.6 Å². The number of aliphatic carboxylic acids is 1. The zero-order valence-corrected chi connectivity index (χ0v) is 11.7. The minimum atomic E-state index is -1.12. The van der Waals surface area contributed by atoms with Crippen molar-refractivity contribution in [1.82, 2.24) is 4.90 Å². The van der Waals surface area contributed by atoms with Crippen molar-refractivity contribution in [2.75, 3.05) is 13.6 Å². The maximum absolute atomic E-state index is 13.9. The Hall–Kier alpha value is -2.01. The smallest absolute Gasteiger partial charge is 0.335 e. The first kappa shape index (κ1) is 15.4. The lowest BCUT2D eigenvalue weighted by molar-refractivity contribution is -0.132. The summed E-state index contributed by atoms with van der Waals surface area (Å²) < 4.78 is 27.5. The summed E-state index contributed by atoms with van der Waals surface area (Å²) in [6.07, 6.45) is 2.92. The number of allylic oxidation sites excluding steroid dienone is 1. The minimum Gasteiger partial charge on any atom is -0.478 e. The molecule has 0 saturated heterocycles. The van der Waals surface area contributed by atoms with Crippen LogP contribution in [0, 0.1) is 11.7 Å². The zero-order valence-electron chi connectivity index (χ0n) is 11.7. The molecule has 0 heterocycles. The Morgan fingerprint density at radius 2 is 2.10 bits per heavy atom. The Bertz CT molecular complexity index is 596. The van der Waals surface area contributed by atoms with Crippen LogP contribution >= 0.6 is 0 Å². The van der Waals surface area contributed by atoms with Gasteiger partial charge in [-0.2, -0.15) is 0 Å². The molecule has 0 radical (unpaired) electrons. The predicted molar refractivity (Wildman–Crippen MR) is 75.8 cm³/mol. The number of carboxylic acid groups (broad SMARTS) is 1. The van der Waals surface area contributed by atoms with E-state index in [1.807, 2.05) is 4.90 Å². The van der Waals surface area contributed by atoms with Gasteiger partial charge in [0.15, 0.2) is 0 Å². The van der Waals surface area contributed by atoms with Crippen LogP contribution in [0.4, 0.5) is 8.78 Å². The summed E-state index contributed by atoms with van der Waals surface area (Å²) >= 11 is 0. The molecule has 1 atom stereocenters. The summed E-state index contributed by atoms with van der Waals surface area (Å²) in [6, 6.07) is 6.48. The van der Waals surface area contributed by atoms with Gasteiger partial charge < -0.3 is 10.0 Å². The van der Waals surface area contributed by atoms with Crippen molar-refractivity contribution in [3.05, 3.63) is 59.2 Å². The number of hydrogen-bond acceptors (Lipinski definition) is 2. The monoisotopic (exact) mass is 293 g/mol. The first-order valence-corrected chi connectivity index (χ1v) is 6.70. The van der Waals surface area contributed by atoms with Crippen LogP contribution in [0.15, 0.2) is 47.8 Å². The molecule has 0 aliphatic heterocycles. The topological polar surface area (TPSA) is 40.5 Å². The molecule has 21 heavy (non-hydrogen) atoms. The zero-order chi connectivity index (χ0) is 15.4. The molecular weight excluding hydrogens is 276 g/mol. The van der Waals surface area contributed by atoms with Crippen molar-refractivity contribution in [3.63, 3.8) is 0 Å². The van der Waals surface area contributed by atoms with E-state index < -0.39 is 11.8 Å². The molecule has 5 heteroatoms. The SMILES string of the molecule is CN(Cc1ccccc1F)CC1CC=C(C(=O)O)C=C1F. The van der Waals surface area contributed by atoms with E-state index in [2.05, 4.69) is 0 Å². The molecule has 0 bridgehead atoms. The fourth-order valence-electron chi connectivity index (χ4n) is 2.38. The van der Waals surface area contributed by atoms with E-state index >= 15 is 0 Å². The quantitative estimate of drug-likeness (QED) is 0.906. The van der Waals surface area contributed by atoms with Crippen molar-refractivity contribution in [3.8, 4) is 0 Å². The molecule has 112 valence electrons. The van der Waals surface area contributed by atoms with E-state index in [1.54, 1.807) is 25.2 Å². The maximum atomic E-state index is 13.9. The third-order valence-corrected chi connectivity index (χ3v) is 3.48. The van der Waals surface area contributed by atoms with Crippen LogP contribution in [-0.2, 0) is 11.3 Å². The summed E-state index contributed by atoms with van der Waals surface area (Å²) in [4.78, 5) is 12.6. The average molecular weight is 293 g/mol. The number of rotatable bonds is 5. The number of benzene rings is 1. The van der Waals surface area contributed by atoms with Gasteiger partial charge in [0.25, 0.3) is 0 Å². The highest BCUT2D eigenvalue weighted by Crippen LogP contribution is 2.26. The molecule has 1 unspecified atom stereocenters. The summed E-state index contributed by atoms with van der Waals surface area (Å²) in [5, 5.41) is 8.82. The fourth-order valence-corrected chi connectivity index (χ4v) is 2.38. The van der Waals surface area contributed by atoms with E-state index in [9.17, 15) is 13.6 Å². The molecule has 0 fully saturated rings. The van der Waals surface area contributed by atoms with Gasteiger partial charge >= 0.3 is 5.97 Å². The van der Waals surface area contributed by atoms with Crippen LogP contribution in [0.5, 0.6) is 0 Å². The molecule has 0 saturated carbocycles. The molecule has 1 N–H and O–H groups in total. The molecule has 0 amide bonds. The Kier molecular flexibility index (Phi) is 4.85. The maximum Gasteiger partial charge on any atom is 0.335 e. The Morgan fingerprint density at radius 3 is 2.71 bits per heavy atom. The van der Waals surface area contributed by atoms with E-state index in [0.717, 1.165) is 6.08 Å². The molecular formula is C16H17F2NO2. The van der Waals surface area contributed by atoms with E-state index in [1.165, 1.54) is 12.1 Å². The van der Waals surface area contributed by atoms with Gasteiger partial charge in [0, 0.05) is 24.6 Å². The summed E-state index contributed by atoms with van der Waals surface area (Å²) in [5.41, 5.74) is 0.544. The van der Waals surface area contributed by atoms with Gasteiger partial charge in [-0.25, -0.2) is 13.6 Å². The van der Waals surface area contributed by atoms with Gasteiger partial charge in [-0.15, -0.1) is 0 Å². The molecule has 1 aromatic carbocycles. The van der Waals surface area contributed by atoms with Gasteiger partial charge in [-0.3, -0.25) is 0 Å². The highest BCUT2D eigenvalue weighted by atomic mass is 19.1. The van der Waals surface area contributed by atoms with Gasteiger partial charge in [-0.1, -0.05) is 24.3 Å². The van der Waals surface area contributed by atoms with Gasteiger partial charge in [-0.05, 0) is 25.6 Å². The second-order valence-corrected chi connectivity index (χ2v) is 5.21. The van der Waals surface area contributed by atoms with E-state index in [0.29, 0.717) is 25.1 Å². The molecule has 3 nitrogen and oxygen atoms in total. The van der Waals surface area contributed by atoms with Gasteiger partial charge in [0.05, 0.1) is 5.57 Å². The van der Waals surface area contributed by atoms with Crippen molar-refractivity contribution in [1.29, 1.82) is 0 Å². The molecule has 0 spiro atoms. The van der Waals surface area contributed by atoms with Crippen molar-refractivity contribution >= 4 is 5.97 Å². The first-order chi connectivity index (χ1) is 9.97. The predicted octanol–water partition coefficient (Wildman–Crippen LogP) is 3.14. The lowest BCUT2D eigenvalue weighted by Crippen LogP contribution is -2.27. The number of nitrogens with zero attached hydrogens (tertiary/aromatic N) is 1. The van der Waals surface area contributed by atoms with Crippen LogP contribution in [0.25, 0.3) is 0 Å². The number of hydrogen-bond donors (Lipinski definition) is 1. The lowest BCUT2D eigenvalue weighted by Gasteiger charge is -2.24. The third kappa shape index (κ3) is 3.98. The number of carboxylic acids is 1. The van der Waals surface area contributed by atoms with Crippen molar-refractivity contribution in [2.45, 2.75) is 13.0 Å². The van der Waals surface area contributed by atoms with Crippen LogP contribution in [0.1, 0.15) is 12.0 Å². The number of halogens is 2. The highest BCUT2D eigenvalue weighted by Gasteiger charge is 2.22. The second-order valence-electron chi connectivity index (χ2n) is 5.21. The Labute approximate surface area is 122 Å². The van der Waals surface area contributed by atoms with Crippen LogP contribution in [0.2, 0.25) is 0 Å². The van der Waals surface area contributed by atoms with Crippen molar-refractivity contribution in [2.24, 2.45) is 5.92 Å². The normalized spacial score (nSPS) is 18.4. The minimum absolute atomic E-state index is 0.0134. The average Bonchev–Trinajstić information content (AvgIpc) is 2.43. The Balaban J connectivity index is 1.96. The largest absolute Gasteiger partial charge is 0.478 e. The molecule has 1 aliphatic rings. The first-order valence-electron chi connectivity index (χ1n) is 6.70. The van der Waals surface area contributed by atoms with E-state index in [4.69, 9.17) is 5.11 Å². The van der Waals surface area contributed by atoms with Gasteiger partial charge in [0.2, 0.25) is 0 Å². The van der Waals surface area contributed by atoms with Crippen LogP contribution in [0.3, 0.4) is 0 Å². The highest BCUT2D eigenvalue weighted by molar-refractivity contribution is 5.90. The molecule has 2 rings (SSSR count). The fraction of sp³-hybridized carbons (Fsp3) is 0.312. The summed E-state index contributed by atoms with van der Waals surface area (Å²) in [5.74, 6) is -2.22. The third-order valence-electron chi connectivity index (χ3n) is 3.48. The standard InChI is InChI=1S/C16H17F2NO2/c1-19(9-12-4-2-3-5-14(12)17)10-13-7-6-11(16(20)21)8-15(13)18/h2-6,8,13H,7,9-10H2,1H3,(H,20,21). The second kappa shape index (κ2) is 6.63. The molecule has 0 aromatic heterocycles. The van der Waals surface area contributed by atoms with E-state index in [-0.39, 0.29) is 17.3 Å². The van der Waals surface area contributed by atoms with Crippen LogP contribution in [-0.4, -0.2) is 29.6 Å². The Morgan fingerprint density at radius 1 is 1.38 bits per heavy atom.